The van der Waals surface area contributed by atoms with Crippen LogP contribution in [0.5, 0.6) is 5.75 Å². The number of carbonyl (C=O) groups is 3. The molecule has 1 aromatic carbocycles. The van der Waals surface area contributed by atoms with Gasteiger partial charge in [0.2, 0.25) is 0 Å². The lowest BCUT2D eigenvalue weighted by Gasteiger charge is -2.14. The Hall–Kier alpha value is -2.57. The molecular weight excluding hydrogens is 312 g/mol. The zero-order valence-electron chi connectivity index (χ0n) is 14.4. The van der Waals surface area contributed by atoms with Crippen molar-refractivity contribution in [1.82, 2.24) is 10.6 Å². The van der Waals surface area contributed by atoms with Gasteiger partial charge >= 0.3 is 12.0 Å². The van der Waals surface area contributed by atoms with E-state index in [-0.39, 0.29) is 12.5 Å². The monoisotopic (exact) mass is 336 g/mol. The minimum Gasteiger partial charge on any atom is -0.496 e. The van der Waals surface area contributed by atoms with E-state index in [1.165, 1.54) is 6.92 Å². The maximum atomic E-state index is 11.9. The van der Waals surface area contributed by atoms with Crippen LogP contribution in [0.4, 0.5) is 4.79 Å². The maximum Gasteiger partial charge on any atom is 0.321 e. The van der Waals surface area contributed by atoms with Crippen LogP contribution >= 0.6 is 0 Å². The van der Waals surface area contributed by atoms with Gasteiger partial charge in [0.1, 0.15) is 5.75 Å². The van der Waals surface area contributed by atoms with Gasteiger partial charge in [0, 0.05) is 12.5 Å². The minimum atomic E-state index is -1.05. The molecule has 0 aliphatic carbocycles. The maximum absolute atomic E-state index is 11.9. The number of carbonyl (C=O) groups excluding carboxylic acids is 3. The summed E-state index contributed by atoms with van der Waals surface area (Å²) in [6, 6.07) is 6.65. The number of para-hydroxylation sites is 1. The fraction of sp³-hybridized carbons (Fsp3) is 0.471. The van der Waals surface area contributed by atoms with E-state index in [1.54, 1.807) is 21.0 Å². The third-order valence-electron chi connectivity index (χ3n) is 3.12. The molecule has 0 aromatic heterocycles. The number of nitrogens with one attached hydrogen (secondary N) is 2. The van der Waals surface area contributed by atoms with Crippen LogP contribution in [-0.2, 0) is 20.7 Å². The summed E-state index contributed by atoms with van der Waals surface area (Å²) in [5.74, 6) is -0.493. The predicted molar refractivity (Wildman–Crippen MR) is 88.7 cm³/mol. The van der Waals surface area contributed by atoms with Crippen LogP contribution < -0.4 is 15.4 Å². The molecule has 0 saturated heterocycles. The summed E-state index contributed by atoms with van der Waals surface area (Å²) in [5, 5.41) is 4.64. The number of hydrogen-bond acceptors (Lipinski definition) is 5. The van der Waals surface area contributed by atoms with Gasteiger partial charge in [-0.05, 0) is 38.8 Å². The summed E-state index contributed by atoms with van der Waals surface area (Å²) in [4.78, 5) is 35.1. The van der Waals surface area contributed by atoms with Gasteiger partial charge in [0.25, 0.3) is 5.91 Å². The Balaban J connectivity index is 2.43. The van der Waals surface area contributed by atoms with Gasteiger partial charge in [-0.2, -0.15) is 0 Å². The molecule has 132 valence electrons. The van der Waals surface area contributed by atoms with Crippen LogP contribution in [0.1, 0.15) is 32.8 Å². The van der Waals surface area contributed by atoms with E-state index in [1.807, 2.05) is 24.3 Å². The predicted octanol–water partition coefficient (Wildman–Crippen LogP) is 1.79. The SMILES string of the molecule is COc1ccccc1CCC(=O)O[C@H](C)C(=O)NC(=O)NC(C)C. The molecule has 0 aliphatic heterocycles. The summed E-state index contributed by atoms with van der Waals surface area (Å²) in [5.41, 5.74) is 0.880. The lowest BCUT2D eigenvalue weighted by atomic mass is 10.1. The molecule has 7 heteroatoms. The topological polar surface area (TPSA) is 93.7 Å². The largest absolute Gasteiger partial charge is 0.496 e. The molecule has 0 spiro atoms. The second-order valence-corrected chi connectivity index (χ2v) is 5.56. The molecule has 1 atom stereocenters. The van der Waals surface area contributed by atoms with E-state index in [0.717, 1.165) is 5.56 Å². The van der Waals surface area contributed by atoms with Crippen molar-refractivity contribution in [1.29, 1.82) is 0 Å². The van der Waals surface area contributed by atoms with Crippen molar-refractivity contribution in [3.05, 3.63) is 29.8 Å². The number of benzene rings is 1. The summed E-state index contributed by atoms with van der Waals surface area (Å²) in [7, 11) is 1.56. The molecule has 7 nitrogen and oxygen atoms in total. The van der Waals surface area contributed by atoms with Crippen molar-refractivity contribution < 1.29 is 23.9 Å². The highest BCUT2D eigenvalue weighted by atomic mass is 16.5. The third-order valence-corrected chi connectivity index (χ3v) is 3.12. The third kappa shape index (κ3) is 6.68. The first kappa shape index (κ1) is 19.5. The first-order valence-corrected chi connectivity index (χ1v) is 7.76. The van der Waals surface area contributed by atoms with Gasteiger partial charge in [0.05, 0.1) is 7.11 Å². The zero-order chi connectivity index (χ0) is 18.1. The lowest BCUT2D eigenvalue weighted by molar-refractivity contribution is -0.154. The fourth-order valence-corrected chi connectivity index (χ4v) is 1.97. The molecule has 3 amide bonds. The molecule has 0 fully saturated rings. The number of ether oxygens (including phenoxy) is 2. The molecule has 0 saturated carbocycles. The van der Waals surface area contributed by atoms with E-state index >= 15 is 0 Å². The van der Waals surface area contributed by atoms with Gasteiger partial charge < -0.3 is 14.8 Å². The van der Waals surface area contributed by atoms with Crippen LogP contribution in [0.15, 0.2) is 24.3 Å². The Labute approximate surface area is 141 Å². The minimum absolute atomic E-state index is 0.100. The van der Waals surface area contributed by atoms with Crippen LogP contribution in [0, 0.1) is 0 Å². The van der Waals surface area contributed by atoms with Crippen molar-refractivity contribution in [2.75, 3.05) is 7.11 Å². The number of aryl methyl sites for hydroxylation is 1. The molecule has 0 radical (unpaired) electrons. The second kappa shape index (κ2) is 9.54. The molecular formula is C17H24N2O5. The Morgan fingerprint density at radius 2 is 1.79 bits per heavy atom. The molecule has 1 aromatic rings. The van der Waals surface area contributed by atoms with Gasteiger partial charge in [0.15, 0.2) is 6.10 Å². The number of imide groups is 1. The first-order valence-electron chi connectivity index (χ1n) is 7.76. The number of methoxy groups -OCH3 is 1. The van der Waals surface area contributed by atoms with Gasteiger partial charge in [-0.3, -0.25) is 14.9 Å². The number of esters is 1. The number of hydrogen-bond donors (Lipinski definition) is 2. The Morgan fingerprint density at radius 3 is 2.42 bits per heavy atom. The van der Waals surface area contributed by atoms with Gasteiger partial charge in [-0.15, -0.1) is 0 Å². The summed E-state index contributed by atoms with van der Waals surface area (Å²) in [6.45, 7) is 4.95. The normalized spacial score (nSPS) is 11.5. The Bertz CT molecular complexity index is 586. The standard InChI is InChI=1S/C17H24N2O5/c1-11(2)18-17(22)19-16(21)12(3)24-15(20)10-9-13-7-5-6-8-14(13)23-4/h5-8,11-12H,9-10H2,1-4H3,(H2,18,19,21,22)/t12-/m1/s1. The fourth-order valence-electron chi connectivity index (χ4n) is 1.97. The smallest absolute Gasteiger partial charge is 0.321 e. The van der Waals surface area contributed by atoms with Crippen LogP contribution in [0.25, 0.3) is 0 Å². The Kier molecular flexibility index (Phi) is 7.74. The van der Waals surface area contributed by atoms with E-state index in [4.69, 9.17) is 9.47 Å². The summed E-state index contributed by atoms with van der Waals surface area (Å²) < 4.78 is 10.3. The zero-order valence-corrected chi connectivity index (χ0v) is 14.4. The van der Waals surface area contributed by atoms with Crippen molar-refractivity contribution in [3.8, 4) is 5.75 Å². The van der Waals surface area contributed by atoms with E-state index in [0.29, 0.717) is 12.2 Å². The van der Waals surface area contributed by atoms with Crippen molar-refractivity contribution in [2.45, 2.75) is 45.8 Å². The lowest BCUT2D eigenvalue weighted by Crippen LogP contribution is -2.46. The summed E-state index contributed by atoms with van der Waals surface area (Å²) in [6.07, 6.45) is -0.505. The van der Waals surface area contributed by atoms with Crippen molar-refractivity contribution >= 4 is 17.9 Å². The van der Waals surface area contributed by atoms with E-state index in [9.17, 15) is 14.4 Å². The van der Waals surface area contributed by atoms with Crippen molar-refractivity contribution in [2.24, 2.45) is 0 Å². The highest BCUT2D eigenvalue weighted by Gasteiger charge is 2.20. The molecule has 0 heterocycles. The molecule has 0 bridgehead atoms. The molecule has 2 N–H and O–H groups in total. The van der Waals surface area contributed by atoms with E-state index < -0.39 is 24.0 Å². The van der Waals surface area contributed by atoms with Gasteiger partial charge in [-0.25, -0.2) is 4.79 Å². The van der Waals surface area contributed by atoms with Crippen LogP contribution in [0.3, 0.4) is 0 Å². The van der Waals surface area contributed by atoms with Crippen LogP contribution in [-0.4, -0.2) is 37.2 Å². The van der Waals surface area contributed by atoms with E-state index in [2.05, 4.69) is 10.6 Å². The van der Waals surface area contributed by atoms with Gasteiger partial charge in [-0.1, -0.05) is 18.2 Å². The molecule has 0 unspecified atom stereocenters. The van der Waals surface area contributed by atoms with Crippen LogP contribution in [0.2, 0.25) is 0 Å². The number of rotatable bonds is 7. The highest BCUT2D eigenvalue weighted by molar-refractivity contribution is 5.97. The highest BCUT2D eigenvalue weighted by Crippen LogP contribution is 2.19. The second-order valence-electron chi connectivity index (χ2n) is 5.56. The Morgan fingerprint density at radius 1 is 1.12 bits per heavy atom. The average molecular weight is 336 g/mol. The molecule has 1 rings (SSSR count). The molecule has 24 heavy (non-hydrogen) atoms. The van der Waals surface area contributed by atoms with Crippen molar-refractivity contribution in [3.63, 3.8) is 0 Å². The average Bonchev–Trinajstić information content (AvgIpc) is 2.52. The number of urea groups is 1. The first-order chi connectivity index (χ1) is 11.3. The summed E-state index contributed by atoms with van der Waals surface area (Å²) >= 11 is 0. The number of amides is 3. The quantitative estimate of drug-likeness (QED) is 0.741. The molecule has 0 aliphatic rings.